The number of cyclic esters (lactones) is 1. The molecule has 13 heteroatoms. The van der Waals surface area contributed by atoms with Crippen molar-refractivity contribution in [2.75, 3.05) is 20.7 Å². The normalized spacial score (nSPS) is 50.3. The summed E-state index contributed by atoms with van der Waals surface area (Å²) in [5.41, 5.74) is -4.32. The summed E-state index contributed by atoms with van der Waals surface area (Å²) >= 11 is 0. The van der Waals surface area contributed by atoms with E-state index in [2.05, 4.69) is 0 Å². The topological polar surface area (TPSA) is 177 Å². The average Bonchev–Trinajstić information content (AvgIpc) is 3.02. The van der Waals surface area contributed by atoms with Crippen LogP contribution in [-0.4, -0.2) is 141 Å². The number of carbonyl (C=O) groups excluding carboxylic acids is 1. The molecule has 0 bridgehead atoms. The molecule has 5 N–H and O–H groups in total. The highest BCUT2D eigenvalue weighted by atomic mass is 16.7. The lowest BCUT2D eigenvalue weighted by molar-refractivity contribution is -0.314. The van der Waals surface area contributed by atoms with Crippen molar-refractivity contribution in [3.8, 4) is 0 Å². The van der Waals surface area contributed by atoms with Gasteiger partial charge in [0.2, 0.25) is 0 Å². The standard InChI is InChI=1S/C36H67NO12/c1-13-26-36(10,43)29(39)23(6)37(11)18-19(2)16-34(8,42)31(49-33-25(38)15-14-20(3)45-33)21(4)28(22(5)32(41)47-26)48-27-17-35(9,44-12)30(40)24(7)46-27/h19-31,33,38-40,42-43H,13-18H2,1-12H3/t19-,20-,21+,22-,23-,24+,25-,26-,27+,28+,29+,30+,31-,33+,34-,35-,36-/m1/s1. The molecule has 0 unspecified atom stereocenters. The minimum absolute atomic E-state index is 0.123. The minimum Gasteiger partial charge on any atom is -0.459 e. The summed E-state index contributed by atoms with van der Waals surface area (Å²) in [5.74, 6) is -2.51. The molecule has 0 spiro atoms. The van der Waals surface area contributed by atoms with Gasteiger partial charge in [-0.15, -0.1) is 0 Å². The summed E-state index contributed by atoms with van der Waals surface area (Å²) in [6, 6.07) is -0.525. The number of hydrogen-bond donors (Lipinski definition) is 5. The van der Waals surface area contributed by atoms with E-state index in [4.69, 9.17) is 28.4 Å². The number of aliphatic hydroxyl groups is 5. The summed E-state index contributed by atoms with van der Waals surface area (Å²) in [5, 5.41) is 57.2. The Bertz CT molecular complexity index is 1060. The molecular weight excluding hydrogens is 638 g/mol. The van der Waals surface area contributed by atoms with E-state index in [1.165, 1.54) is 14.0 Å². The number of ether oxygens (including phenoxy) is 6. The van der Waals surface area contributed by atoms with Crippen LogP contribution < -0.4 is 0 Å². The minimum atomic E-state index is -1.79. The number of likely N-dealkylation sites (N-methyl/N-ethyl adjacent to an activating group) is 1. The second-order valence-electron chi connectivity index (χ2n) is 16.1. The van der Waals surface area contributed by atoms with Gasteiger partial charge in [-0.05, 0) is 87.1 Å². The maximum Gasteiger partial charge on any atom is 0.311 e. The lowest BCUT2D eigenvalue weighted by Gasteiger charge is -2.48. The van der Waals surface area contributed by atoms with Crippen LogP contribution in [0.4, 0.5) is 0 Å². The zero-order valence-corrected chi connectivity index (χ0v) is 31.9. The van der Waals surface area contributed by atoms with E-state index in [1.807, 2.05) is 32.7 Å². The molecule has 0 aromatic carbocycles. The van der Waals surface area contributed by atoms with Crippen molar-refractivity contribution in [1.29, 1.82) is 0 Å². The summed E-state index contributed by atoms with van der Waals surface area (Å²) in [6.45, 7) is 18.0. The van der Waals surface area contributed by atoms with Gasteiger partial charge in [0.25, 0.3) is 0 Å². The van der Waals surface area contributed by atoms with E-state index >= 15 is 0 Å². The zero-order valence-electron chi connectivity index (χ0n) is 31.9. The molecule has 3 heterocycles. The fourth-order valence-electron chi connectivity index (χ4n) is 8.13. The van der Waals surface area contributed by atoms with E-state index in [0.717, 1.165) is 0 Å². The van der Waals surface area contributed by atoms with Gasteiger partial charge in [-0.25, -0.2) is 0 Å². The third-order valence-corrected chi connectivity index (χ3v) is 11.5. The number of methoxy groups -OCH3 is 1. The van der Waals surface area contributed by atoms with Crippen molar-refractivity contribution >= 4 is 5.97 Å². The number of hydrogen-bond acceptors (Lipinski definition) is 13. The zero-order chi connectivity index (χ0) is 37.2. The lowest BCUT2D eigenvalue weighted by atomic mass is 9.77. The highest BCUT2D eigenvalue weighted by molar-refractivity contribution is 5.73. The Balaban J connectivity index is 2.14. The summed E-state index contributed by atoms with van der Waals surface area (Å²) < 4.78 is 37.1. The van der Waals surface area contributed by atoms with Gasteiger partial charge < -0.3 is 58.9 Å². The predicted octanol–water partition coefficient (Wildman–Crippen LogP) is 2.36. The molecule has 0 saturated carbocycles. The predicted molar refractivity (Wildman–Crippen MR) is 181 cm³/mol. The third kappa shape index (κ3) is 9.72. The first kappa shape index (κ1) is 42.4. The van der Waals surface area contributed by atoms with Crippen molar-refractivity contribution in [2.45, 2.75) is 186 Å². The van der Waals surface area contributed by atoms with Crippen LogP contribution in [0, 0.1) is 17.8 Å². The van der Waals surface area contributed by atoms with E-state index in [1.54, 1.807) is 41.5 Å². The van der Waals surface area contributed by atoms with Crippen LogP contribution in [0.1, 0.15) is 101 Å². The molecule has 0 amide bonds. The van der Waals surface area contributed by atoms with Crippen LogP contribution in [0.25, 0.3) is 0 Å². The van der Waals surface area contributed by atoms with Crippen molar-refractivity contribution < 1.29 is 58.7 Å². The van der Waals surface area contributed by atoms with E-state index < -0.39 is 96.0 Å². The van der Waals surface area contributed by atoms with Crippen LogP contribution in [0.15, 0.2) is 0 Å². The van der Waals surface area contributed by atoms with Gasteiger partial charge in [0, 0.05) is 32.0 Å². The first-order chi connectivity index (χ1) is 22.6. The Hall–Kier alpha value is -0.970. The highest BCUT2D eigenvalue weighted by Gasteiger charge is 2.52. The maximum atomic E-state index is 14.1. The molecule has 0 radical (unpaired) electrons. The number of nitrogens with zero attached hydrogens (tertiary/aromatic N) is 1. The Morgan fingerprint density at radius 2 is 1.55 bits per heavy atom. The molecule has 49 heavy (non-hydrogen) atoms. The van der Waals surface area contributed by atoms with Crippen molar-refractivity contribution in [3.63, 3.8) is 0 Å². The Kier molecular flexibility index (Phi) is 14.5. The van der Waals surface area contributed by atoms with Crippen molar-refractivity contribution in [1.82, 2.24) is 4.90 Å². The van der Waals surface area contributed by atoms with Gasteiger partial charge in [-0.1, -0.05) is 20.8 Å². The monoisotopic (exact) mass is 705 g/mol. The molecule has 0 aliphatic carbocycles. The quantitative estimate of drug-likeness (QED) is 0.255. The van der Waals surface area contributed by atoms with Gasteiger partial charge >= 0.3 is 5.97 Å². The fraction of sp³-hybridized carbons (Fsp3) is 0.972. The first-order valence-electron chi connectivity index (χ1n) is 18.2. The lowest BCUT2D eigenvalue weighted by Crippen LogP contribution is -2.59. The molecule has 0 aromatic heterocycles. The van der Waals surface area contributed by atoms with Gasteiger partial charge in [0.1, 0.15) is 30.0 Å². The summed E-state index contributed by atoms with van der Waals surface area (Å²) in [7, 11) is 3.35. The molecule has 3 saturated heterocycles. The van der Waals surface area contributed by atoms with Gasteiger partial charge in [0.05, 0.1) is 41.5 Å². The third-order valence-electron chi connectivity index (χ3n) is 11.5. The number of carbonyl (C=O) groups is 1. The number of aliphatic hydroxyl groups excluding tert-OH is 3. The average molecular weight is 706 g/mol. The molecule has 17 atom stereocenters. The van der Waals surface area contributed by atoms with E-state index in [-0.39, 0.29) is 31.3 Å². The molecule has 13 nitrogen and oxygen atoms in total. The molecule has 288 valence electrons. The SMILES string of the molecule is CC[C@H]1OC(=O)[C@H](C)[C@@H](O[C@H]2C[C@@](C)(OC)[C@@H](O)[C@H](C)O2)[C@H](C)[C@@H](O[C@@H]2O[C@H](C)CC[C@H]2O)[C@](C)(O)C[C@@H](C)CN(C)[C@H](C)[C@H](O)[C@]1(C)O. The van der Waals surface area contributed by atoms with Crippen LogP contribution in [0.5, 0.6) is 0 Å². The van der Waals surface area contributed by atoms with Crippen LogP contribution in [0.3, 0.4) is 0 Å². The fourth-order valence-corrected chi connectivity index (χ4v) is 8.13. The Labute approximate surface area is 293 Å². The summed E-state index contributed by atoms with van der Waals surface area (Å²) in [6.07, 6.45) is -7.23. The number of rotatable bonds is 6. The van der Waals surface area contributed by atoms with Crippen LogP contribution in [0.2, 0.25) is 0 Å². The highest BCUT2D eigenvalue weighted by Crippen LogP contribution is 2.40. The van der Waals surface area contributed by atoms with Gasteiger partial charge in [-0.3, -0.25) is 4.79 Å². The van der Waals surface area contributed by atoms with Crippen molar-refractivity contribution in [3.05, 3.63) is 0 Å². The van der Waals surface area contributed by atoms with E-state index in [9.17, 15) is 30.3 Å². The molecule has 0 aromatic rings. The second kappa shape index (κ2) is 16.8. The maximum absolute atomic E-state index is 14.1. The smallest absolute Gasteiger partial charge is 0.311 e. The second-order valence-corrected chi connectivity index (χ2v) is 16.1. The molecular formula is C36H67NO12. The van der Waals surface area contributed by atoms with Crippen LogP contribution in [-0.2, 0) is 33.2 Å². The molecule has 3 rings (SSSR count). The summed E-state index contributed by atoms with van der Waals surface area (Å²) in [4.78, 5) is 16.0. The molecule has 3 fully saturated rings. The van der Waals surface area contributed by atoms with Crippen LogP contribution >= 0.6 is 0 Å². The number of esters is 1. The van der Waals surface area contributed by atoms with Gasteiger partial charge in [0.15, 0.2) is 12.6 Å². The molecule has 3 aliphatic heterocycles. The Morgan fingerprint density at radius 1 is 0.918 bits per heavy atom. The van der Waals surface area contributed by atoms with Crippen molar-refractivity contribution in [2.24, 2.45) is 17.8 Å². The van der Waals surface area contributed by atoms with Gasteiger partial charge in [-0.2, -0.15) is 0 Å². The largest absolute Gasteiger partial charge is 0.459 e. The molecule has 3 aliphatic rings. The van der Waals surface area contributed by atoms with E-state index in [0.29, 0.717) is 19.4 Å². The first-order valence-corrected chi connectivity index (χ1v) is 18.2. The Morgan fingerprint density at radius 3 is 2.14 bits per heavy atom.